The Labute approximate surface area is 153 Å². The molecule has 0 fully saturated rings. The van der Waals surface area contributed by atoms with Crippen molar-refractivity contribution in [3.05, 3.63) is 71.5 Å². The molecule has 2 aromatic carbocycles. The molecule has 1 aromatic heterocycles. The maximum atomic E-state index is 14.2. The van der Waals surface area contributed by atoms with Gasteiger partial charge in [0.25, 0.3) is 0 Å². The van der Waals surface area contributed by atoms with Crippen molar-refractivity contribution in [3.8, 4) is 29.0 Å². The summed E-state index contributed by atoms with van der Waals surface area (Å²) < 4.78 is 25.0. The number of pyridine rings is 1. The predicted molar refractivity (Wildman–Crippen MR) is 101 cm³/mol. The highest BCUT2D eigenvalue weighted by Gasteiger charge is 2.09. The first kappa shape index (κ1) is 17.8. The van der Waals surface area contributed by atoms with E-state index in [1.807, 2.05) is 6.07 Å². The topological polar surface area (TPSA) is 55.1 Å². The Hall–Kier alpha value is -2.96. The molecule has 0 amide bonds. The summed E-state index contributed by atoms with van der Waals surface area (Å²) in [6.07, 6.45) is 0. The lowest BCUT2D eigenvalue weighted by Crippen LogP contribution is -2.07. The molecule has 26 heavy (non-hydrogen) atoms. The van der Waals surface area contributed by atoms with Crippen LogP contribution in [0.1, 0.15) is 11.1 Å². The number of nitrogens with zero attached hydrogens (tertiary/aromatic N) is 2. The molecule has 3 aromatic rings. The van der Waals surface area contributed by atoms with Gasteiger partial charge in [-0.25, -0.2) is 9.37 Å². The zero-order valence-corrected chi connectivity index (χ0v) is 15.2. The van der Waals surface area contributed by atoms with Crippen molar-refractivity contribution in [2.45, 2.75) is 6.61 Å². The zero-order valence-electron chi connectivity index (χ0n) is 14.1. The third-order valence-corrected chi connectivity index (χ3v) is 4.36. The second kappa shape index (κ2) is 7.95. The monoisotopic (exact) mass is 366 g/mol. The van der Waals surface area contributed by atoms with E-state index in [1.54, 1.807) is 42.5 Å². The minimum absolute atomic E-state index is 0.298. The number of ether oxygens (including phenoxy) is 2. The van der Waals surface area contributed by atoms with E-state index >= 15 is 0 Å². The van der Waals surface area contributed by atoms with Crippen molar-refractivity contribution in [3.63, 3.8) is 0 Å². The quantitative estimate of drug-likeness (QED) is 0.644. The van der Waals surface area contributed by atoms with E-state index in [0.29, 0.717) is 35.1 Å². The molecule has 0 radical (unpaired) electrons. The molecular formula is C20H16FN2O2P. The Morgan fingerprint density at radius 3 is 2.69 bits per heavy atom. The van der Waals surface area contributed by atoms with Gasteiger partial charge < -0.3 is 9.47 Å². The molecule has 0 saturated carbocycles. The number of hydrogen-bond acceptors (Lipinski definition) is 4. The molecule has 1 atom stereocenters. The highest BCUT2D eigenvalue weighted by molar-refractivity contribution is 7.27. The van der Waals surface area contributed by atoms with Crippen molar-refractivity contribution in [1.29, 1.82) is 5.26 Å². The molecular weight excluding hydrogens is 350 g/mol. The van der Waals surface area contributed by atoms with Crippen LogP contribution < -0.4 is 14.8 Å². The molecule has 130 valence electrons. The van der Waals surface area contributed by atoms with Gasteiger partial charge in [-0.2, -0.15) is 5.26 Å². The fraction of sp³-hybridized carbons (Fsp3) is 0.100. The maximum Gasteiger partial charge on any atom is 0.214 e. The van der Waals surface area contributed by atoms with Crippen LogP contribution in [0.3, 0.4) is 0 Å². The lowest BCUT2D eigenvalue weighted by Gasteiger charge is -2.10. The van der Waals surface area contributed by atoms with Crippen molar-refractivity contribution in [2.24, 2.45) is 0 Å². The van der Waals surface area contributed by atoms with Gasteiger partial charge in [-0.1, -0.05) is 12.1 Å². The number of benzene rings is 2. The van der Waals surface area contributed by atoms with Crippen molar-refractivity contribution in [2.75, 3.05) is 7.11 Å². The van der Waals surface area contributed by atoms with Gasteiger partial charge in [0.15, 0.2) is 0 Å². The lowest BCUT2D eigenvalue weighted by molar-refractivity contribution is 0.295. The fourth-order valence-electron chi connectivity index (χ4n) is 2.42. The SMILES string of the molecule is COc1ccc(-c2cccc(OCc3ccc(C#N)cc3P)n2)c(F)c1. The van der Waals surface area contributed by atoms with Gasteiger partial charge in [-0.15, -0.1) is 9.24 Å². The first-order chi connectivity index (χ1) is 12.6. The molecule has 0 saturated heterocycles. The summed E-state index contributed by atoms with van der Waals surface area (Å²) in [4.78, 5) is 4.38. The van der Waals surface area contributed by atoms with Gasteiger partial charge >= 0.3 is 0 Å². The van der Waals surface area contributed by atoms with E-state index in [2.05, 4.69) is 20.3 Å². The molecule has 1 unspecified atom stereocenters. The van der Waals surface area contributed by atoms with Gasteiger partial charge in [-0.3, -0.25) is 0 Å². The second-order valence-corrected chi connectivity index (χ2v) is 6.14. The number of halogens is 1. The Bertz CT molecular complexity index is 986. The van der Waals surface area contributed by atoms with Gasteiger partial charge in [0.05, 0.1) is 24.4 Å². The summed E-state index contributed by atoms with van der Waals surface area (Å²) in [7, 11) is 4.08. The summed E-state index contributed by atoms with van der Waals surface area (Å²) in [5.74, 6) is 0.437. The molecule has 1 heterocycles. The predicted octanol–water partition coefficient (Wildman–Crippen LogP) is 3.85. The van der Waals surface area contributed by atoms with Crippen LogP contribution in [-0.4, -0.2) is 12.1 Å². The summed E-state index contributed by atoms with van der Waals surface area (Å²) in [5, 5.41) is 9.81. The van der Waals surface area contributed by atoms with E-state index in [-0.39, 0.29) is 0 Å². The molecule has 0 aliphatic heterocycles. The van der Waals surface area contributed by atoms with Crippen LogP contribution in [0, 0.1) is 17.1 Å². The number of hydrogen-bond donors (Lipinski definition) is 0. The first-order valence-corrected chi connectivity index (χ1v) is 8.40. The van der Waals surface area contributed by atoms with Crippen LogP contribution >= 0.6 is 9.24 Å². The van der Waals surface area contributed by atoms with E-state index in [4.69, 9.17) is 14.7 Å². The Balaban J connectivity index is 1.79. The standard InChI is InChI=1S/C20H16FN2O2P/c1-24-15-7-8-16(17(21)10-15)18-3-2-4-20(23-18)25-12-14-6-5-13(11-22)9-19(14)26/h2-10H,12,26H2,1H3. The molecule has 0 spiro atoms. The van der Waals surface area contributed by atoms with Crippen LogP contribution in [0.4, 0.5) is 4.39 Å². The van der Waals surface area contributed by atoms with Gasteiger partial charge in [0.1, 0.15) is 18.2 Å². The smallest absolute Gasteiger partial charge is 0.214 e. The summed E-state index contributed by atoms with van der Waals surface area (Å²) >= 11 is 0. The normalized spacial score (nSPS) is 10.2. The molecule has 3 rings (SSSR count). The van der Waals surface area contributed by atoms with E-state index in [1.165, 1.54) is 13.2 Å². The minimum atomic E-state index is -0.409. The second-order valence-electron chi connectivity index (χ2n) is 5.52. The fourth-order valence-corrected chi connectivity index (χ4v) is 2.78. The highest BCUT2D eigenvalue weighted by atomic mass is 31.0. The van der Waals surface area contributed by atoms with Crippen LogP contribution in [0.25, 0.3) is 11.3 Å². The maximum absolute atomic E-state index is 14.2. The number of nitriles is 1. The average Bonchev–Trinajstić information content (AvgIpc) is 2.67. The van der Waals surface area contributed by atoms with Crippen LogP contribution in [0.15, 0.2) is 54.6 Å². The molecule has 0 aliphatic carbocycles. The van der Waals surface area contributed by atoms with Crippen LogP contribution in [-0.2, 0) is 6.61 Å². The molecule has 6 heteroatoms. The Kier molecular flexibility index (Phi) is 5.46. The summed E-state index contributed by atoms with van der Waals surface area (Å²) in [6.45, 7) is 0.298. The summed E-state index contributed by atoms with van der Waals surface area (Å²) in [6, 6.07) is 17.3. The number of methoxy groups -OCH3 is 1. The highest BCUT2D eigenvalue weighted by Crippen LogP contribution is 2.26. The van der Waals surface area contributed by atoms with Gasteiger partial charge in [-0.05, 0) is 41.2 Å². The van der Waals surface area contributed by atoms with Gasteiger partial charge in [0.2, 0.25) is 5.88 Å². The van der Waals surface area contributed by atoms with E-state index in [9.17, 15) is 4.39 Å². The summed E-state index contributed by atoms with van der Waals surface area (Å²) in [5.41, 5.74) is 2.38. The van der Waals surface area contributed by atoms with E-state index < -0.39 is 5.82 Å². The Morgan fingerprint density at radius 1 is 1.15 bits per heavy atom. The molecule has 4 nitrogen and oxygen atoms in total. The van der Waals surface area contributed by atoms with Crippen molar-refractivity contribution >= 4 is 14.5 Å². The Morgan fingerprint density at radius 2 is 2.00 bits per heavy atom. The molecule has 0 N–H and O–H groups in total. The van der Waals surface area contributed by atoms with Crippen LogP contribution in [0.5, 0.6) is 11.6 Å². The molecule has 0 aliphatic rings. The lowest BCUT2D eigenvalue weighted by atomic mass is 10.1. The van der Waals surface area contributed by atoms with Crippen molar-refractivity contribution in [1.82, 2.24) is 4.98 Å². The van der Waals surface area contributed by atoms with E-state index in [0.717, 1.165) is 10.9 Å². The first-order valence-electron chi connectivity index (χ1n) is 7.83. The third kappa shape index (κ3) is 3.99. The zero-order chi connectivity index (χ0) is 18.5. The van der Waals surface area contributed by atoms with Crippen LogP contribution in [0.2, 0.25) is 0 Å². The minimum Gasteiger partial charge on any atom is -0.497 e. The third-order valence-electron chi connectivity index (χ3n) is 3.83. The number of aromatic nitrogens is 1. The van der Waals surface area contributed by atoms with Crippen molar-refractivity contribution < 1.29 is 13.9 Å². The largest absolute Gasteiger partial charge is 0.497 e. The van der Waals surface area contributed by atoms with Gasteiger partial charge in [0, 0.05) is 17.7 Å². The number of rotatable bonds is 5. The average molecular weight is 366 g/mol. The molecule has 0 bridgehead atoms.